The number of anilines is 1. The predicted molar refractivity (Wildman–Crippen MR) is 136 cm³/mol. The lowest BCUT2D eigenvalue weighted by Crippen LogP contribution is -2.31. The predicted octanol–water partition coefficient (Wildman–Crippen LogP) is 5.41. The second kappa shape index (κ2) is 9.51. The molecule has 8 heteroatoms. The number of halogens is 1. The van der Waals surface area contributed by atoms with Crippen molar-refractivity contribution in [2.24, 2.45) is 11.7 Å². The van der Waals surface area contributed by atoms with Crippen LogP contribution in [0.1, 0.15) is 51.1 Å². The fourth-order valence-electron chi connectivity index (χ4n) is 4.83. The molecule has 2 aromatic carbocycles. The highest BCUT2D eigenvalue weighted by atomic mass is 19.1. The van der Waals surface area contributed by atoms with E-state index < -0.39 is 5.82 Å². The van der Waals surface area contributed by atoms with Gasteiger partial charge in [-0.25, -0.2) is 9.07 Å². The topological polar surface area (TPSA) is 97.5 Å². The van der Waals surface area contributed by atoms with E-state index in [1.54, 1.807) is 6.07 Å². The third kappa shape index (κ3) is 4.77. The van der Waals surface area contributed by atoms with Gasteiger partial charge in [-0.3, -0.25) is 4.68 Å². The lowest BCUT2D eigenvalue weighted by molar-refractivity contribution is 0.335. The molecule has 3 N–H and O–H groups in total. The van der Waals surface area contributed by atoms with Gasteiger partial charge in [-0.2, -0.15) is 10.4 Å². The standard InChI is InChI=1S/C27H30FN7/c1-17(2)34-16-21-11-23(8-9-25(21)32-34)35-26(19-6-7-20(14-29)24(28)12-19)13-27(33-35)31-15-18-4-3-5-22(30)10-18/h6-9,11-13,16-18,22H,3-5,10,15,30H2,1-2H3,(H,31,33)/t18-,22-/m1/s1. The van der Waals surface area contributed by atoms with Crippen molar-refractivity contribution >= 4 is 16.7 Å². The first-order valence-corrected chi connectivity index (χ1v) is 12.2. The number of hydrogen-bond acceptors (Lipinski definition) is 5. The van der Waals surface area contributed by atoms with E-state index in [2.05, 4.69) is 24.3 Å². The number of nitrogens with two attached hydrogens (primary N) is 1. The van der Waals surface area contributed by atoms with Crippen molar-refractivity contribution in [3.63, 3.8) is 0 Å². The summed E-state index contributed by atoms with van der Waals surface area (Å²) >= 11 is 0. The van der Waals surface area contributed by atoms with Crippen LogP contribution in [-0.4, -0.2) is 32.1 Å². The maximum atomic E-state index is 14.5. The zero-order valence-corrected chi connectivity index (χ0v) is 20.1. The minimum absolute atomic E-state index is 0.0225. The zero-order chi connectivity index (χ0) is 24.5. The van der Waals surface area contributed by atoms with E-state index in [4.69, 9.17) is 16.1 Å². The molecule has 0 unspecified atom stereocenters. The molecule has 0 bridgehead atoms. The molecule has 1 aliphatic carbocycles. The number of rotatable bonds is 6. The van der Waals surface area contributed by atoms with Crippen LogP contribution < -0.4 is 11.1 Å². The Morgan fingerprint density at radius 2 is 2.03 bits per heavy atom. The molecule has 5 rings (SSSR count). The summed E-state index contributed by atoms with van der Waals surface area (Å²) in [6, 6.07) is 15.0. The average Bonchev–Trinajstić information content (AvgIpc) is 3.47. The number of nitrogens with zero attached hydrogens (tertiary/aromatic N) is 5. The molecular weight excluding hydrogens is 441 g/mol. The molecule has 1 fully saturated rings. The highest BCUT2D eigenvalue weighted by molar-refractivity contribution is 5.81. The van der Waals surface area contributed by atoms with Gasteiger partial charge in [-0.15, -0.1) is 5.10 Å². The maximum Gasteiger partial charge on any atom is 0.149 e. The Morgan fingerprint density at radius 1 is 1.17 bits per heavy atom. The Labute approximate surface area is 204 Å². The second-order valence-electron chi connectivity index (χ2n) is 9.75. The van der Waals surface area contributed by atoms with Crippen LogP contribution in [0.25, 0.3) is 27.8 Å². The van der Waals surface area contributed by atoms with Gasteiger partial charge < -0.3 is 11.1 Å². The first kappa shape index (κ1) is 23.1. The second-order valence-corrected chi connectivity index (χ2v) is 9.75. The third-order valence-electron chi connectivity index (χ3n) is 6.77. The molecule has 2 aromatic heterocycles. The molecule has 0 aliphatic heterocycles. The van der Waals surface area contributed by atoms with E-state index in [0.29, 0.717) is 11.5 Å². The quantitative estimate of drug-likeness (QED) is 0.392. The van der Waals surface area contributed by atoms with Gasteiger partial charge in [0.2, 0.25) is 0 Å². The fraction of sp³-hybridized carbons (Fsp3) is 0.370. The number of hydrogen-bond donors (Lipinski definition) is 2. The first-order valence-electron chi connectivity index (χ1n) is 12.2. The summed E-state index contributed by atoms with van der Waals surface area (Å²) in [7, 11) is 0. The average molecular weight is 472 g/mol. The van der Waals surface area contributed by atoms with Gasteiger partial charge in [-0.1, -0.05) is 12.5 Å². The zero-order valence-electron chi connectivity index (χ0n) is 20.1. The normalized spacial score (nSPS) is 18.2. The smallest absolute Gasteiger partial charge is 0.149 e. The molecule has 2 atom stereocenters. The van der Waals surface area contributed by atoms with E-state index in [1.807, 2.05) is 45.9 Å². The van der Waals surface area contributed by atoms with Crippen LogP contribution in [0.15, 0.2) is 48.7 Å². The van der Waals surface area contributed by atoms with Crippen LogP contribution in [-0.2, 0) is 0 Å². The molecule has 0 spiro atoms. The summed E-state index contributed by atoms with van der Waals surface area (Å²) in [5.74, 6) is 0.692. The van der Waals surface area contributed by atoms with E-state index >= 15 is 0 Å². The molecule has 1 aliphatic rings. The lowest BCUT2D eigenvalue weighted by Gasteiger charge is -2.26. The van der Waals surface area contributed by atoms with Crippen molar-refractivity contribution in [2.45, 2.75) is 51.6 Å². The Kier molecular flexibility index (Phi) is 6.27. The summed E-state index contributed by atoms with van der Waals surface area (Å²) < 4.78 is 18.3. The Hall–Kier alpha value is -3.70. The number of benzene rings is 2. The molecule has 0 radical (unpaired) electrons. The molecule has 35 heavy (non-hydrogen) atoms. The Morgan fingerprint density at radius 3 is 2.77 bits per heavy atom. The van der Waals surface area contributed by atoms with Crippen LogP contribution in [0.5, 0.6) is 0 Å². The van der Waals surface area contributed by atoms with Crippen molar-refractivity contribution < 1.29 is 4.39 Å². The summed E-state index contributed by atoms with van der Waals surface area (Å²) in [5, 5.41) is 23.1. The van der Waals surface area contributed by atoms with E-state index in [0.717, 1.165) is 60.3 Å². The molecule has 180 valence electrons. The highest BCUT2D eigenvalue weighted by Gasteiger charge is 2.20. The van der Waals surface area contributed by atoms with Gasteiger partial charge in [0.1, 0.15) is 17.7 Å². The van der Waals surface area contributed by atoms with Gasteiger partial charge >= 0.3 is 0 Å². The molecule has 2 heterocycles. The monoisotopic (exact) mass is 471 g/mol. The van der Waals surface area contributed by atoms with Crippen LogP contribution in [0.4, 0.5) is 10.2 Å². The number of nitriles is 1. The van der Waals surface area contributed by atoms with Crippen molar-refractivity contribution in [2.75, 3.05) is 11.9 Å². The van der Waals surface area contributed by atoms with E-state index in [9.17, 15) is 4.39 Å². The van der Waals surface area contributed by atoms with Crippen molar-refractivity contribution in [3.05, 3.63) is 60.0 Å². The van der Waals surface area contributed by atoms with Crippen LogP contribution >= 0.6 is 0 Å². The van der Waals surface area contributed by atoms with Crippen molar-refractivity contribution in [3.8, 4) is 23.0 Å². The number of aromatic nitrogens is 4. The van der Waals surface area contributed by atoms with E-state index in [-0.39, 0.29) is 17.6 Å². The summed E-state index contributed by atoms with van der Waals surface area (Å²) in [6.45, 7) is 4.98. The van der Waals surface area contributed by atoms with Gasteiger partial charge in [0.25, 0.3) is 0 Å². The fourth-order valence-corrected chi connectivity index (χ4v) is 4.83. The van der Waals surface area contributed by atoms with E-state index in [1.165, 1.54) is 12.1 Å². The minimum atomic E-state index is -0.544. The summed E-state index contributed by atoms with van der Waals surface area (Å²) in [6.07, 6.45) is 6.44. The third-order valence-corrected chi connectivity index (χ3v) is 6.77. The Bertz CT molecular complexity index is 1390. The van der Waals surface area contributed by atoms with Gasteiger partial charge in [0.15, 0.2) is 0 Å². The number of nitrogens with one attached hydrogen (secondary N) is 1. The maximum absolute atomic E-state index is 14.5. The molecular formula is C27H30FN7. The van der Waals surface area contributed by atoms with Crippen LogP contribution in [0.3, 0.4) is 0 Å². The van der Waals surface area contributed by atoms with Crippen LogP contribution in [0.2, 0.25) is 0 Å². The van der Waals surface area contributed by atoms with Gasteiger partial charge in [0, 0.05) is 41.8 Å². The highest BCUT2D eigenvalue weighted by Crippen LogP contribution is 2.30. The molecule has 0 saturated heterocycles. The summed E-state index contributed by atoms with van der Waals surface area (Å²) in [5.41, 5.74) is 9.35. The first-order chi connectivity index (χ1) is 16.9. The lowest BCUT2D eigenvalue weighted by atomic mass is 9.86. The SMILES string of the molecule is CC(C)n1cc2cc(-n3nc(NC[C@@H]4CCC[C@@H](N)C4)cc3-c3ccc(C#N)c(F)c3)ccc2n1. The summed E-state index contributed by atoms with van der Waals surface area (Å²) in [4.78, 5) is 0. The molecule has 0 amide bonds. The largest absolute Gasteiger partial charge is 0.368 e. The van der Waals surface area contributed by atoms with Crippen molar-refractivity contribution in [1.82, 2.24) is 19.6 Å². The molecule has 4 aromatic rings. The minimum Gasteiger partial charge on any atom is -0.368 e. The Balaban J connectivity index is 1.52. The van der Waals surface area contributed by atoms with Crippen LogP contribution in [0, 0.1) is 23.1 Å². The molecule has 7 nitrogen and oxygen atoms in total. The van der Waals surface area contributed by atoms with Gasteiger partial charge in [-0.05, 0) is 69.4 Å². The number of fused-ring (bicyclic) bond motifs is 1. The van der Waals surface area contributed by atoms with Gasteiger partial charge in [0.05, 0.1) is 22.5 Å². The van der Waals surface area contributed by atoms with Crippen molar-refractivity contribution in [1.29, 1.82) is 5.26 Å². The molecule has 1 saturated carbocycles.